The molecule has 0 spiro atoms. The van der Waals surface area contributed by atoms with Crippen molar-refractivity contribution in [2.24, 2.45) is 11.7 Å². The Bertz CT molecular complexity index is 396. The Hall–Kier alpha value is -0.660. The van der Waals surface area contributed by atoms with Crippen molar-refractivity contribution >= 4 is 16.0 Å². The molecule has 0 aromatic rings. The van der Waals surface area contributed by atoms with Gasteiger partial charge in [0.2, 0.25) is 0 Å². The van der Waals surface area contributed by atoms with Crippen LogP contribution in [-0.4, -0.2) is 49.0 Å². The minimum absolute atomic E-state index is 0.0174. The lowest BCUT2D eigenvalue weighted by Gasteiger charge is -2.35. The van der Waals surface area contributed by atoms with Crippen molar-refractivity contribution in [3.63, 3.8) is 0 Å². The average molecular weight is 276 g/mol. The van der Waals surface area contributed by atoms with Crippen molar-refractivity contribution in [3.8, 4) is 0 Å². The molecule has 0 aliphatic carbocycles. The van der Waals surface area contributed by atoms with Gasteiger partial charge in [0, 0.05) is 32.1 Å². The van der Waals surface area contributed by atoms with Gasteiger partial charge in [-0.3, -0.25) is 5.41 Å². The first-order valence-electron chi connectivity index (χ1n) is 6.33. The molecule has 18 heavy (non-hydrogen) atoms. The summed E-state index contributed by atoms with van der Waals surface area (Å²) < 4.78 is 27.7. The zero-order chi connectivity index (χ0) is 13.9. The monoisotopic (exact) mass is 276 g/mol. The summed E-state index contributed by atoms with van der Waals surface area (Å²) in [6.07, 6.45) is 2.91. The Balaban J connectivity index is 2.75. The van der Waals surface area contributed by atoms with Crippen molar-refractivity contribution in [2.45, 2.75) is 39.2 Å². The summed E-state index contributed by atoms with van der Waals surface area (Å²) in [7, 11) is -1.87. The van der Waals surface area contributed by atoms with Gasteiger partial charge in [-0.2, -0.15) is 17.0 Å². The molecule has 7 heteroatoms. The van der Waals surface area contributed by atoms with Crippen molar-refractivity contribution in [2.75, 3.05) is 20.1 Å². The van der Waals surface area contributed by atoms with Gasteiger partial charge in [0.1, 0.15) is 0 Å². The van der Waals surface area contributed by atoms with Gasteiger partial charge in [0.15, 0.2) is 0 Å². The van der Waals surface area contributed by atoms with E-state index in [2.05, 4.69) is 0 Å². The van der Waals surface area contributed by atoms with E-state index in [1.807, 2.05) is 6.92 Å². The van der Waals surface area contributed by atoms with Crippen molar-refractivity contribution < 1.29 is 8.42 Å². The number of piperidine rings is 1. The van der Waals surface area contributed by atoms with Crippen LogP contribution >= 0.6 is 0 Å². The number of amidine groups is 1. The fraction of sp³-hybridized carbons (Fsp3) is 0.909. The van der Waals surface area contributed by atoms with Crippen LogP contribution in [0.2, 0.25) is 0 Å². The molecule has 2 atom stereocenters. The Morgan fingerprint density at radius 1 is 1.56 bits per heavy atom. The molecule has 0 saturated carbocycles. The molecular formula is C11H24N4O2S. The summed E-state index contributed by atoms with van der Waals surface area (Å²) in [5.41, 5.74) is 5.38. The zero-order valence-corrected chi connectivity index (χ0v) is 12.2. The smallest absolute Gasteiger partial charge is 0.281 e. The highest BCUT2D eigenvalue weighted by Crippen LogP contribution is 2.22. The van der Waals surface area contributed by atoms with Crippen molar-refractivity contribution in [1.82, 2.24) is 8.61 Å². The number of rotatable bonds is 5. The van der Waals surface area contributed by atoms with Crippen LogP contribution in [0.3, 0.4) is 0 Å². The van der Waals surface area contributed by atoms with E-state index >= 15 is 0 Å². The Labute approximate surface area is 110 Å². The Morgan fingerprint density at radius 3 is 2.67 bits per heavy atom. The molecule has 1 aliphatic heterocycles. The average Bonchev–Trinajstić information content (AvgIpc) is 2.28. The lowest BCUT2D eigenvalue weighted by molar-refractivity contribution is 0.248. The third-order valence-electron chi connectivity index (χ3n) is 3.49. The maximum Gasteiger partial charge on any atom is 0.281 e. The van der Waals surface area contributed by atoms with Crippen molar-refractivity contribution in [3.05, 3.63) is 0 Å². The summed E-state index contributed by atoms with van der Waals surface area (Å²) >= 11 is 0. The lowest BCUT2D eigenvalue weighted by atomic mass is 10.1. The van der Waals surface area contributed by atoms with Gasteiger partial charge in [-0.05, 0) is 19.8 Å². The second-order valence-electron chi connectivity index (χ2n) is 5.10. The third-order valence-corrected chi connectivity index (χ3v) is 5.57. The maximum atomic E-state index is 12.4. The third kappa shape index (κ3) is 3.43. The SMILES string of the molecule is CC(CN(C)S(=O)(=O)N1CCCCC1C)C(=N)N. The van der Waals surface area contributed by atoms with Crippen LogP contribution in [0.5, 0.6) is 0 Å². The van der Waals surface area contributed by atoms with Crippen LogP contribution < -0.4 is 5.73 Å². The first kappa shape index (κ1) is 15.4. The largest absolute Gasteiger partial charge is 0.387 e. The van der Waals surface area contributed by atoms with Crippen LogP contribution in [0.1, 0.15) is 33.1 Å². The molecule has 0 aromatic carbocycles. The molecule has 0 amide bonds. The highest BCUT2D eigenvalue weighted by molar-refractivity contribution is 7.86. The maximum absolute atomic E-state index is 12.4. The summed E-state index contributed by atoms with van der Waals surface area (Å²) in [5.74, 6) is -0.242. The minimum atomic E-state index is -3.43. The summed E-state index contributed by atoms with van der Waals surface area (Å²) in [6, 6.07) is 0.0545. The quantitative estimate of drug-likeness (QED) is 0.569. The van der Waals surface area contributed by atoms with Gasteiger partial charge in [-0.1, -0.05) is 13.3 Å². The molecule has 1 fully saturated rings. The van der Waals surface area contributed by atoms with E-state index < -0.39 is 10.2 Å². The fourth-order valence-corrected chi connectivity index (χ4v) is 3.86. The second kappa shape index (κ2) is 5.99. The molecule has 1 saturated heterocycles. The number of nitrogens with one attached hydrogen (secondary N) is 1. The van der Waals surface area contributed by atoms with Gasteiger partial charge in [0.05, 0.1) is 5.84 Å². The standard InChI is InChI=1S/C11H24N4O2S/c1-9(11(12)13)8-14(3)18(16,17)15-7-5-4-6-10(15)2/h9-10H,4-8H2,1-3H3,(H3,12,13). The predicted molar refractivity (Wildman–Crippen MR) is 72.6 cm³/mol. The van der Waals surface area contributed by atoms with Gasteiger partial charge in [-0.15, -0.1) is 0 Å². The lowest BCUT2D eigenvalue weighted by Crippen LogP contribution is -2.50. The molecule has 0 aromatic heterocycles. The van der Waals surface area contributed by atoms with Gasteiger partial charge in [-0.25, -0.2) is 0 Å². The minimum Gasteiger partial charge on any atom is -0.387 e. The number of hydrogen-bond donors (Lipinski definition) is 2. The number of nitrogens with zero attached hydrogens (tertiary/aromatic N) is 2. The van der Waals surface area contributed by atoms with Gasteiger partial charge >= 0.3 is 0 Å². The van der Waals surface area contributed by atoms with Crippen LogP contribution in [0.4, 0.5) is 0 Å². The highest BCUT2D eigenvalue weighted by atomic mass is 32.2. The van der Waals surface area contributed by atoms with E-state index in [1.54, 1.807) is 18.3 Å². The molecule has 3 N–H and O–H groups in total. The molecule has 106 valence electrons. The summed E-state index contributed by atoms with van der Waals surface area (Å²) in [5, 5.41) is 7.32. The Kier molecular flexibility index (Phi) is 5.12. The fourth-order valence-electron chi connectivity index (χ4n) is 2.17. The molecule has 0 bridgehead atoms. The van der Waals surface area contributed by atoms with Crippen LogP contribution in [-0.2, 0) is 10.2 Å². The predicted octanol–water partition coefficient (Wildman–Crippen LogP) is 0.609. The number of hydrogen-bond acceptors (Lipinski definition) is 3. The van der Waals surface area contributed by atoms with E-state index in [-0.39, 0.29) is 24.3 Å². The van der Waals surface area contributed by atoms with Gasteiger partial charge < -0.3 is 5.73 Å². The molecule has 1 heterocycles. The van der Waals surface area contributed by atoms with E-state index in [0.29, 0.717) is 6.54 Å². The van der Waals surface area contributed by atoms with E-state index in [1.165, 1.54) is 4.31 Å². The van der Waals surface area contributed by atoms with Gasteiger partial charge in [0.25, 0.3) is 10.2 Å². The number of nitrogens with two attached hydrogens (primary N) is 1. The van der Waals surface area contributed by atoms with Crippen LogP contribution in [0.15, 0.2) is 0 Å². The highest BCUT2D eigenvalue weighted by Gasteiger charge is 2.33. The first-order valence-corrected chi connectivity index (χ1v) is 7.73. The molecule has 2 unspecified atom stereocenters. The van der Waals surface area contributed by atoms with E-state index in [4.69, 9.17) is 11.1 Å². The second-order valence-corrected chi connectivity index (χ2v) is 7.09. The van der Waals surface area contributed by atoms with Crippen LogP contribution in [0.25, 0.3) is 0 Å². The zero-order valence-electron chi connectivity index (χ0n) is 11.4. The molecule has 1 rings (SSSR count). The first-order chi connectivity index (χ1) is 8.26. The normalized spacial score (nSPS) is 24.1. The van der Waals surface area contributed by atoms with E-state index in [0.717, 1.165) is 19.3 Å². The van der Waals surface area contributed by atoms with E-state index in [9.17, 15) is 8.42 Å². The van der Waals surface area contributed by atoms with Crippen LogP contribution in [0, 0.1) is 11.3 Å². The molecule has 0 radical (unpaired) electrons. The topological polar surface area (TPSA) is 90.5 Å². The molecular weight excluding hydrogens is 252 g/mol. The summed E-state index contributed by atoms with van der Waals surface area (Å²) in [4.78, 5) is 0. The Morgan fingerprint density at radius 2 is 2.17 bits per heavy atom. The summed E-state index contributed by atoms with van der Waals surface area (Å²) in [6.45, 7) is 4.54. The molecule has 6 nitrogen and oxygen atoms in total. The van der Waals surface area contributed by atoms with Crippen molar-refractivity contribution in [1.29, 1.82) is 5.41 Å². The molecule has 1 aliphatic rings.